The predicted molar refractivity (Wildman–Crippen MR) is 115 cm³/mol. The Labute approximate surface area is 171 Å². The summed E-state index contributed by atoms with van der Waals surface area (Å²) in [4.78, 5) is 2.50. The zero-order valence-electron chi connectivity index (χ0n) is 15.0. The molecule has 0 saturated heterocycles. The van der Waals surface area contributed by atoms with Crippen molar-refractivity contribution in [1.82, 2.24) is 14.3 Å². The number of quaternary nitrogens is 1. The van der Waals surface area contributed by atoms with Crippen LogP contribution < -0.4 is 4.90 Å². The zero-order chi connectivity index (χ0) is 18.6. The van der Waals surface area contributed by atoms with Gasteiger partial charge in [0, 0.05) is 5.56 Å². The summed E-state index contributed by atoms with van der Waals surface area (Å²) in [5, 5.41) is 11.3. The Kier molecular flexibility index (Phi) is 5.63. The standard InChI is InChI=1S/C20H20N4S3/c1-22(12-17-9-11-26-14-17)15-24-20(25)23(13-16-6-3-2-4-7-16)19(21-24)18-8-5-10-27-18/h2-11,14H,12-13,15H2,1H3/p+1. The number of nitrogens with one attached hydrogen (secondary N) is 1. The highest BCUT2D eigenvalue weighted by Gasteiger charge is 2.16. The van der Waals surface area contributed by atoms with E-state index in [2.05, 4.69) is 70.2 Å². The maximum Gasteiger partial charge on any atom is 0.203 e. The Hall–Kier alpha value is -2.06. The van der Waals surface area contributed by atoms with Crippen LogP contribution in [0.4, 0.5) is 0 Å². The molecule has 27 heavy (non-hydrogen) atoms. The van der Waals surface area contributed by atoms with Gasteiger partial charge in [-0.2, -0.15) is 16.0 Å². The third kappa shape index (κ3) is 4.27. The lowest BCUT2D eigenvalue weighted by Crippen LogP contribution is -3.06. The van der Waals surface area contributed by atoms with Crippen molar-refractivity contribution in [2.75, 3.05) is 7.05 Å². The van der Waals surface area contributed by atoms with Gasteiger partial charge in [0.15, 0.2) is 12.5 Å². The Bertz CT molecular complexity index is 1030. The van der Waals surface area contributed by atoms with Crippen LogP contribution in [0, 0.1) is 4.77 Å². The number of aromatic nitrogens is 3. The average molecular weight is 414 g/mol. The lowest BCUT2D eigenvalue weighted by atomic mass is 10.2. The van der Waals surface area contributed by atoms with Crippen LogP contribution in [-0.4, -0.2) is 21.4 Å². The molecule has 1 atom stereocenters. The van der Waals surface area contributed by atoms with E-state index in [1.54, 1.807) is 22.7 Å². The monoisotopic (exact) mass is 413 g/mol. The molecule has 4 rings (SSSR count). The summed E-state index contributed by atoms with van der Waals surface area (Å²) in [6.07, 6.45) is 0. The van der Waals surface area contributed by atoms with Crippen molar-refractivity contribution in [2.24, 2.45) is 0 Å². The summed E-state index contributed by atoms with van der Waals surface area (Å²) in [5.74, 6) is 0.946. The first-order valence-corrected chi connectivity index (χ1v) is 11.0. The van der Waals surface area contributed by atoms with Crippen molar-refractivity contribution < 1.29 is 4.90 Å². The van der Waals surface area contributed by atoms with E-state index in [4.69, 9.17) is 17.3 Å². The van der Waals surface area contributed by atoms with Crippen LogP contribution in [0.15, 0.2) is 64.7 Å². The molecule has 7 heteroatoms. The fourth-order valence-electron chi connectivity index (χ4n) is 3.09. The Morgan fingerprint density at radius 2 is 1.89 bits per heavy atom. The Morgan fingerprint density at radius 3 is 2.59 bits per heavy atom. The number of benzene rings is 1. The van der Waals surface area contributed by atoms with Gasteiger partial charge in [-0.1, -0.05) is 36.4 Å². The molecule has 0 spiro atoms. The first-order valence-electron chi connectivity index (χ1n) is 8.78. The second-order valence-corrected chi connectivity index (χ2v) is 8.67. The molecule has 1 aromatic carbocycles. The zero-order valence-corrected chi connectivity index (χ0v) is 17.5. The molecule has 0 bridgehead atoms. The van der Waals surface area contributed by atoms with Gasteiger partial charge in [-0.3, -0.25) is 4.57 Å². The summed E-state index contributed by atoms with van der Waals surface area (Å²) < 4.78 is 4.88. The number of rotatable bonds is 7. The minimum absolute atomic E-state index is 0.733. The van der Waals surface area contributed by atoms with Gasteiger partial charge < -0.3 is 4.90 Å². The summed E-state index contributed by atoms with van der Waals surface area (Å²) in [6.45, 7) is 2.44. The molecule has 1 N–H and O–H groups in total. The topological polar surface area (TPSA) is 27.2 Å². The van der Waals surface area contributed by atoms with E-state index in [0.29, 0.717) is 0 Å². The molecule has 0 aliphatic heterocycles. The molecule has 0 fully saturated rings. The minimum Gasteiger partial charge on any atom is -0.315 e. The number of thiophene rings is 2. The van der Waals surface area contributed by atoms with E-state index in [1.165, 1.54) is 16.0 Å². The van der Waals surface area contributed by atoms with Crippen molar-refractivity contribution in [3.8, 4) is 10.7 Å². The van der Waals surface area contributed by atoms with Crippen molar-refractivity contribution in [2.45, 2.75) is 19.8 Å². The van der Waals surface area contributed by atoms with Crippen LogP contribution in [0.3, 0.4) is 0 Å². The summed E-state index contributed by atoms with van der Waals surface area (Å²) in [6, 6.07) is 16.8. The first kappa shape index (κ1) is 18.3. The van der Waals surface area contributed by atoms with Gasteiger partial charge in [-0.05, 0) is 46.1 Å². The molecule has 0 saturated carbocycles. The molecule has 4 nitrogen and oxygen atoms in total. The average Bonchev–Trinajstić information content (AvgIpc) is 3.41. The molecule has 0 amide bonds. The quantitative estimate of drug-likeness (QED) is 0.465. The normalized spacial score (nSPS) is 12.3. The van der Waals surface area contributed by atoms with E-state index < -0.39 is 0 Å². The maximum atomic E-state index is 5.81. The lowest BCUT2D eigenvalue weighted by molar-refractivity contribution is -0.917. The smallest absolute Gasteiger partial charge is 0.203 e. The van der Waals surface area contributed by atoms with Gasteiger partial charge in [0.05, 0.1) is 18.5 Å². The van der Waals surface area contributed by atoms with Crippen LogP contribution >= 0.6 is 34.9 Å². The fraction of sp³-hybridized carbons (Fsp3) is 0.200. The third-order valence-electron chi connectivity index (χ3n) is 4.35. The second-order valence-electron chi connectivity index (χ2n) is 6.58. The SMILES string of the molecule is C[NH+](Cc1ccsc1)Cn1nc(-c2cccs2)n(Cc2ccccc2)c1=S. The largest absolute Gasteiger partial charge is 0.315 e. The van der Waals surface area contributed by atoms with Crippen molar-refractivity contribution >= 4 is 34.9 Å². The Balaban J connectivity index is 1.64. The van der Waals surface area contributed by atoms with Crippen molar-refractivity contribution in [3.05, 3.63) is 80.6 Å². The van der Waals surface area contributed by atoms with E-state index in [0.717, 1.165) is 35.2 Å². The van der Waals surface area contributed by atoms with E-state index in [1.807, 2.05) is 10.7 Å². The molecular formula is C20H21N4S3+. The minimum atomic E-state index is 0.733. The highest BCUT2D eigenvalue weighted by molar-refractivity contribution is 7.71. The van der Waals surface area contributed by atoms with E-state index in [9.17, 15) is 0 Å². The summed E-state index contributed by atoms with van der Waals surface area (Å²) in [5.41, 5.74) is 2.58. The first-order chi connectivity index (χ1) is 13.2. The van der Waals surface area contributed by atoms with Gasteiger partial charge in [0.25, 0.3) is 0 Å². The van der Waals surface area contributed by atoms with Crippen LogP contribution in [-0.2, 0) is 19.8 Å². The molecule has 0 radical (unpaired) electrons. The van der Waals surface area contributed by atoms with Crippen LogP contribution in [0.25, 0.3) is 10.7 Å². The number of hydrogen-bond donors (Lipinski definition) is 1. The summed E-state index contributed by atoms with van der Waals surface area (Å²) >= 11 is 9.24. The fourth-order valence-corrected chi connectivity index (χ4v) is 4.74. The third-order valence-corrected chi connectivity index (χ3v) is 6.38. The van der Waals surface area contributed by atoms with Gasteiger partial charge >= 0.3 is 0 Å². The predicted octanol–water partition coefficient (Wildman–Crippen LogP) is 3.92. The van der Waals surface area contributed by atoms with Crippen LogP contribution in [0.2, 0.25) is 0 Å². The van der Waals surface area contributed by atoms with E-state index >= 15 is 0 Å². The molecule has 3 aromatic heterocycles. The molecule has 138 valence electrons. The summed E-state index contributed by atoms with van der Waals surface area (Å²) in [7, 11) is 2.18. The Morgan fingerprint density at radius 1 is 1.04 bits per heavy atom. The molecule has 0 aliphatic rings. The van der Waals surface area contributed by atoms with Crippen LogP contribution in [0.5, 0.6) is 0 Å². The van der Waals surface area contributed by atoms with Gasteiger partial charge in [0.2, 0.25) is 4.77 Å². The van der Waals surface area contributed by atoms with Gasteiger partial charge in [-0.25, -0.2) is 0 Å². The molecular weight excluding hydrogens is 392 g/mol. The molecule has 3 heterocycles. The van der Waals surface area contributed by atoms with Crippen molar-refractivity contribution in [3.63, 3.8) is 0 Å². The van der Waals surface area contributed by atoms with Crippen LogP contribution in [0.1, 0.15) is 11.1 Å². The molecule has 4 aromatic rings. The molecule has 0 aliphatic carbocycles. The maximum absolute atomic E-state index is 5.81. The highest BCUT2D eigenvalue weighted by atomic mass is 32.1. The molecule has 1 unspecified atom stereocenters. The van der Waals surface area contributed by atoms with E-state index in [-0.39, 0.29) is 0 Å². The van der Waals surface area contributed by atoms with Crippen molar-refractivity contribution in [1.29, 1.82) is 0 Å². The number of hydrogen-bond acceptors (Lipinski definition) is 4. The van der Waals surface area contributed by atoms with Gasteiger partial charge in [0.1, 0.15) is 6.54 Å². The van der Waals surface area contributed by atoms with Gasteiger partial charge in [-0.15, -0.1) is 16.4 Å². The second kappa shape index (κ2) is 8.31. The lowest BCUT2D eigenvalue weighted by Gasteiger charge is -2.12. The number of nitrogens with zero attached hydrogens (tertiary/aromatic N) is 3. The highest BCUT2D eigenvalue weighted by Crippen LogP contribution is 2.24.